The second-order valence-corrected chi connectivity index (χ2v) is 15.9. The number of aryl methyl sites for hydroxylation is 2. The number of likely N-dealkylation sites (N-methyl/N-ethyl adjacent to an activating group) is 1. The molecule has 3 heterocycles. The third-order valence-corrected chi connectivity index (χ3v) is 12.0. The molecule has 1 unspecified atom stereocenters. The molecular formula is C46H46N4O5S. The number of rotatable bonds is 6. The van der Waals surface area contributed by atoms with Gasteiger partial charge in [0, 0.05) is 93.6 Å². The molecule has 0 saturated carbocycles. The number of aromatic carboxylic acids is 1. The van der Waals surface area contributed by atoms with E-state index in [0.717, 1.165) is 55.1 Å². The van der Waals surface area contributed by atoms with Crippen molar-refractivity contribution < 1.29 is 19.1 Å². The molecule has 1 aliphatic carbocycles. The predicted octanol–water partition coefficient (Wildman–Crippen LogP) is 9.40. The van der Waals surface area contributed by atoms with Gasteiger partial charge in [0.25, 0.3) is 0 Å². The highest BCUT2D eigenvalue weighted by Gasteiger charge is 2.31. The van der Waals surface area contributed by atoms with Gasteiger partial charge in [0.2, 0.25) is 0 Å². The Morgan fingerprint density at radius 3 is 2.12 bits per heavy atom. The van der Waals surface area contributed by atoms with Crippen LogP contribution in [0.15, 0.2) is 105 Å². The van der Waals surface area contributed by atoms with Crippen molar-refractivity contribution in [3.63, 3.8) is 0 Å². The fourth-order valence-electron chi connectivity index (χ4n) is 7.15. The largest absolute Gasteiger partial charge is 0.481 e. The highest BCUT2D eigenvalue weighted by atomic mass is 32.1. The van der Waals surface area contributed by atoms with E-state index >= 15 is 0 Å². The van der Waals surface area contributed by atoms with Crippen molar-refractivity contribution in [2.75, 3.05) is 52.1 Å². The Labute approximate surface area is 331 Å². The molecule has 0 saturated heterocycles. The van der Waals surface area contributed by atoms with Crippen LogP contribution in [0.3, 0.4) is 0 Å². The van der Waals surface area contributed by atoms with Gasteiger partial charge in [-0.1, -0.05) is 24.3 Å². The molecule has 2 aliphatic rings. The first-order chi connectivity index (χ1) is 26.6. The number of allylic oxidation sites excluding steroid dienone is 1. The van der Waals surface area contributed by atoms with Gasteiger partial charge in [0.1, 0.15) is 22.4 Å². The van der Waals surface area contributed by atoms with E-state index in [1.165, 1.54) is 22.3 Å². The molecule has 56 heavy (non-hydrogen) atoms. The summed E-state index contributed by atoms with van der Waals surface area (Å²) in [4.78, 5) is 35.5. The summed E-state index contributed by atoms with van der Waals surface area (Å²) in [6.45, 7) is 8.49. The number of benzene rings is 4. The quantitative estimate of drug-likeness (QED) is 0.166. The number of fused-ring (bicyclic) bond motifs is 4. The van der Waals surface area contributed by atoms with Crippen LogP contribution in [0.5, 0.6) is 5.75 Å². The van der Waals surface area contributed by atoms with Crippen molar-refractivity contribution in [1.29, 1.82) is 0 Å². The fourth-order valence-corrected chi connectivity index (χ4v) is 8.33. The lowest BCUT2D eigenvalue weighted by Crippen LogP contribution is -2.27. The first-order valence-electron chi connectivity index (χ1n) is 18.4. The summed E-state index contributed by atoms with van der Waals surface area (Å²) in [6, 6.07) is 21.0. The van der Waals surface area contributed by atoms with E-state index in [2.05, 4.69) is 33.8 Å². The minimum Gasteiger partial charge on any atom is -0.481 e. The average molecular weight is 767 g/mol. The summed E-state index contributed by atoms with van der Waals surface area (Å²) in [6.07, 6.45) is 5.87. The number of anilines is 2. The van der Waals surface area contributed by atoms with Crippen molar-refractivity contribution in [3.8, 4) is 16.3 Å². The van der Waals surface area contributed by atoms with Crippen molar-refractivity contribution in [3.05, 3.63) is 146 Å². The summed E-state index contributed by atoms with van der Waals surface area (Å²) >= 11 is 1.57. The van der Waals surface area contributed by atoms with Crippen LogP contribution in [-0.4, -0.2) is 69.3 Å². The van der Waals surface area contributed by atoms with Crippen LogP contribution in [0.1, 0.15) is 43.7 Å². The second kappa shape index (κ2) is 14.8. The van der Waals surface area contributed by atoms with Gasteiger partial charge in [-0.15, -0.1) is 11.3 Å². The van der Waals surface area contributed by atoms with Crippen LogP contribution < -0.4 is 20.2 Å². The van der Waals surface area contributed by atoms with Gasteiger partial charge in [-0.3, -0.25) is 0 Å². The number of thiazole rings is 1. The molecule has 10 heteroatoms. The van der Waals surface area contributed by atoms with Gasteiger partial charge < -0.3 is 29.0 Å². The maximum atomic E-state index is 12.7. The molecule has 1 atom stereocenters. The van der Waals surface area contributed by atoms with Crippen molar-refractivity contribution in [2.45, 2.75) is 33.8 Å². The van der Waals surface area contributed by atoms with E-state index in [9.17, 15) is 14.7 Å². The molecule has 8 rings (SSSR count). The Morgan fingerprint density at radius 1 is 0.750 bits per heavy atom. The smallest absolute Gasteiger partial charge is 0.346 e. The number of hydrogen-bond donors (Lipinski definition) is 1. The zero-order valence-electron chi connectivity index (χ0n) is 33.4. The van der Waals surface area contributed by atoms with Crippen LogP contribution in [0.25, 0.3) is 37.3 Å². The Morgan fingerprint density at radius 2 is 1.43 bits per heavy atom. The minimum atomic E-state index is -0.937. The summed E-state index contributed by atoms with van der Waals surface area (Å²) in [5.74, 6) is -0.183. The maximum absolute atomic E-state index is 12.7. The Hall–Kier alpha value is -6.13. The SMILES string of the molecule is CN(C)C1=CC2Oc3cc(N(C)C)ccc3C(c3ccccc3C(=O)O)=C2C=C1.Cc1c(C)c(C)c2sc(-c3cc4ccc(N(C)C)cc4oc3=O)nc2c1C. The highest BCUT2D eigenvalue weighted by molar-refractivity contribution is 7.21. The van der Waals surface area contributed by atoms with Gasteiger partial charge >= 0.3 is 11.6 Å². The zero-order valence-corrected chi connectivity index (χ0v) is 34.3. The zero-order chi connectivity index (χ0) is 40.2. The average Bonchev–Trinajstić information content (AvgIpc) is 3.63. The van der Waals surface area contributed by atoms with Crippen LogP contribution in [0.2, 0.25) is 0 Å². The van der Waals surface area contributed by atoms with E-state index in [1.54, 1.807) is 23.5 Å². The molecule has 2 aromatic heterocycles. The van der Waals surface area contributed by atoms with E-state index in [-0.39, 0.29) is 17.3 Å². The minimum absolute atomic E-state index is 0.279. The molecule has 1 aliphatic heterocycles. The lowest BCUT2D eigenvalue weighted by Gasteiger charge is -2.33. The summed E-state index contributed by atoms with van der Waals surface area (Å²) in [5, 5.41) is 11.4. The third-order valence-electron chi connectivity index (χ3n) is 10.8. The molecule has 0 radical (unpaired) electrons. The number of carboxylic acid groups (broad SMARTS) is 1. The Balaban J connectivity index is 0.000000172. The van der Waals surface area contributed by atoms with Crippen LogP contribution in [0.4, 0.5) is 11.4 Å². The predicted molar refractivity (Wildman–Crippen MR) is 230 cm³/mol. The van der Waals surface area contributed by atoms with E-state index in [4.69, 9.17) is 14.1 Å². The Kier molecular flexibility index (Phi) is 10.1. The summed E-state index contributed by atoms with van der Waals surface area (Å²) < 4.78 is 13.1. The van der Waals surface area contributed by atoms with Crippen molar-refractivity contribution >= 4 is 55.4 Å². The van der Waals surface area contributed by atoms with E-state index in [1.807, 2.05) is 124 Å². The molecule has 0 fully saturated rings. The third kappa shape index (κ3) is 6.85. The topological polar surface area (TPSA) is 99.4 Å². The molecule has 6 aromatic rings. The molecule has 0 bridgehead atoms. The van der Waals surface area contributed by atoms with Gasteiger partial charge in [-0.2, -0.15) is 0 Å². The van der Waals surface area contributed by atoms with Crippen LogP contribution in [0, 0.1) is 27.7 Å². The molecule has 4 aromatic carbocycles. The second-order valence-electron chi connectivity index (χ2n) is 14.9. The van der Waals surface area contributed by atoms with Gasteiger partial charge in [-0.05, 0) is 104 Å². The number of carbonyl (C=O) groups is 1. The standard InChI is InChI=1S/C24H24N2O3.C22H22N2O2S/c1-25(2)15-9-11-19-21(13-15)29-22-14-16(26(3)4)10-12-20(22)23(19)17-7-5-6-8-18(17)24(27)28;1-11-12(2)14(4)20-19(13(11)3)23-21(27-20)17-9-15-7-8-16(24(5)6)10-18(15)26-22(17)25/h5-14,21H,1-4H3,(H,27,28);7-10H,1-6H3. The van der Waals surface area contributed by atoms with Crippen LogP contribution >= 0.6 is 11.3 Å². The summed E-state index contributed by atoms with van der Waals surface area (Å²) in [5.41, 5.74) is 13.6. The number of aromatic nitrogens is 1. The van der Waals surface area contributed by atoms with Gasteiger partial charge in [0.05, 0.1) is 21.3 Å². The number of carboxylic acids is 1. The number of ether oxygens (including phenoxy) is 1. The van der Waals surface area contributed by atoms with Crippen LogP contribution in [-0.2, 0) is 0 Å². The molecule has 0 amide bonds. The summed E-state index contributed by atoms with van der Waals surface area (Å²) in [7, 11) is 11.9. The van der Waals surface area contributed by atoms with Crippen molar-refractivity contribution in [1.82, 2.24) is 9.88 Å². The maximum Gasteiger partial charge on any atom is 0.346 e. The van der Waals surface area contributed by atoms with Crippen molar-refractivity contribution in [2.24, 2.45) is 0 Å². The van der Waals surface area contributed by atoms with E-state index in [0.29, 0.717) is 21.7 Å². The molecule has 0 spiro atoms. The number of nitrogens with zero attached hydrogens (tertiary/aromatic N) is 4. The molecule has 1 N–H and O–H groups in total. The fraction of sp³-hybridized carbons (Fsp3) is 0.239. The lowest BCUT2D eigenvalue weighted by molar-refractivity contribution is 0.0696. The van der Waals surface area contributed by atoms with Gasteiger partial charge in [0.15, 0.2) is 0 Å². The molecular weight excluding hydrogens is 721 g/mol. The van der Waals surface area contributed by atoms with Gasteiger partial charge in [-0.25, -0.2) is 14.6 Å². The number of hydrogen-bond acceptors (Lipinski definition) is 9. The normalized spacial score (nSPS) is 14.4. The van der Waals surface area contributed by atoms with E-state index < -0.39 is 5.97 Å². The highest BCUT2D eigenvalue weighted by Crippen LogP contribution is 2.44. The molecule has 286 valence electrons. The lowest BCUT2D eigenvalue weighted by atomic mass is 9.84. The Bertz CT molecular complexity index is 2670. The first kappa shape index (κ1) is 38.2. The monoisotopic (exact) mass is 766 g/mol. The molecule has 9 nitrogen and oxygen atoms in total. The first-order valence-corrected chi connectivity index (χ1v) is 19.2.